The summed E-state index contributed by atoms with van der Waals surface area (Å²) in [7, 11) is 0. The second-order valence-electron chi connectivity index (χ2n) is 2.70. The van der Waals surface area contributed by atoms with Gasteiger partial charge in [0, 0.05) is 0 Å². The Kier molecular flexibility index (Phi) is 1.50. The molecule has 9 heavy (non-hydrogen) atoms. The second kappa shape index (κ2) is 2.04. The summed E-state index contributed by atoms with van der Waals surface area (Å²) in [6.45, 7) is 1.93. The van der Waals surface area contributed by atoms with Crippen LogP contribution in [0.5, 0.6) is 0 Å². The standard InChI is InChI=1S/C8H12O/c1-3-8(9,4-2)7-5-6-7/h1,7,9H,4-6H2,2H3. The predicted octanol–water partition coefficient (Wildman–Crippen LogP) is 1.17. The van der Waals surface area contributed by atoms with Crippen LogP contribution in [-0.2, 0) is 0 Å². The van der Waals surface area contributed by atoms with E-state index in [0.717, 1.165) is 12.8 Å². The van der Waals surface area contributed by atoms with Crippen LogP contribution in [0.4, 0.5) is 0 Å². The molecule has 1 rings (SSSR count). The van der Waals surface area contributed by atoms with Gasteiger partial charge in [0.15, 0.2) is 0 Å². The van der Waals surface area contributed by atoms with E-state index in [1.807, 2.05) is 6.92 Å². The molecule has 0 radical (unpaired) electrons. The van der Waals surface area contributed by atoms with E-state index < -0.39 is 5.60 Å². The first-order valence-electron chi connectivity index (χ1n) is 3.43. The van der Waals surface area contributed by atoms with Crippen molar-refractivity contribution < 1.29 is 5.11 Å². The van der Waals surface area contributed by atoms with Crippen LogP contribution >= 0.6 is 0 Å². The van der Waals surface area contributed by atoms with Gasteiger partial charge in [-0.05, 0) is 25.2 Å². The van der Waals surface area contributed by atoms with E-state index in [0.29, 0.717) is 12.3 Å². The summed E-state index contributed by atoms with van der Waals surface area (Å²) in [5, 5.41) is 9.53. The van der Waals surface area contributed by atoms with Crippen LogP contribution in [0.25, 0.3) is 0 Å². The van der Waals surface area contributed by atoms with Crippen LogP contribution in [-0.4, -0.2) is 10.7 Å². The van der Waals surface area contributed by atoms with Gasteiger partial charge in [0.05, 0.1) is 0 Å². The van der Waals surface area contributed by atoms with E-state index in [9.17, 15) is 5.11 Å². The normalized spacial score (nSPS) is 24.6. The Bertz CT molecular complexity index is 141. The fourth-order valence-corrected chi connectivity index (χ4v) is 1.07. The molecule has 0 saturated heterocycles. The molecule has 1 atom stereocenters. The van der Waals surface area contributed by atoms with Gasteiger partial charge in [0.1, 0.15) is 5.60 Å². The van der Waals surface area contributed by atoms with Crippen molar-refractivity contribution in [1.29, 1.82) is 0 Å². The minimum absolute atomic E-state index is 0.396. The molecule has 0 heterocycles. The molecule has 50 valence electrons. The third-order valence-corrected chi connectivity index (χ3v) is 2.04. The zero-order valence-corrected chi connectivity index (χ0v) is 5.72. The van der Waals surface area contributed by atoms with Crippen LogP contribution < -0.4 is 0 Å². The fraction of sp³-hybridized carbons (Fsp3) is 0.750. The monoisotopic (exact) mass is 124 g/mol. The van der Waals surface area contributed by atoms with E-state index in [-0.39, 0.29) is 0 Å². The zero-order valence-electron chi connectivity index (χ0n) is 5.72. The first-order valence-corrected chi connectivity index (χ1v) is 3.43. The average molecular weight is 124 g/mol. The largest absolute Gasteiger partial charge is 0.377 e. The Morgan fingerprint density at radius 3 is 2.44 bits per heavy atom. The van der Waals surface area contributed by atoms with Gasteiger partial charge in [-0.1, -0.05) is 12.8 Å². The van der Waals surface area contributed by atoms with Crippen LogP contribution in [0.2, 0.25) is 0 Å². The molecule has 0 aromatic carbocycles. The molecule has 0 amide bonds. The third kappa shape index (κ3) is 1.09. The molecule has 0 bridgehead atoms. The highest BCUT2D eigenvalue weighted by molar-refractivity contribution is 5.13. The van der Waals surface area contributed by atoms with Gasteiger partial charge in [-0.3, -0.25) is 0 Å². The zero-order chi connectivity index (χ0) is 6.91. The Labute approximate surface area is 56.1 Å². The average Bonchev–Trinajstić information content (AvgIpc) is 2.68. The maximum atomic E-state index is 9.53. The van der Waals surface area contributed by atoms with Gasteiger partial charge in [-0.15, -0.1) is 6.42 Å². The Balaban J connectivity index is 2.56. The molecule has 1 N–H and O–H groups in total. The molecule has 1 fully saturated rings. The van der Waals surface area contributed by atoms with Gasteiger partial charge in [0.2, 0.25) is 0 Å². The first-order chi connectivity index (χ1) is 4.23. The van der Waals surface area contributed by atoms with E-state index in [2.05, 4.69) is 5.92 Å². The number of hydrogen-bond acceptors (Lipinski definition) is 1. The van der Waals surface area contributed by atoms with Gasteiger partial charge in [-0.25, -0.2) is 0 Å². The van der Waals surface area contributed by atoms with E-state index >= 15 is 0 Å². The molecule has 1 aliphatic carbocycles. The summed E-state index contributed by atoms with van der Waals surface area (Å²) in [6.07, 6.45) is 8.06. The summed E-state index contributed by atoms with van der Waals surface area (Å²) < 4.78 is 0. The van der Waals surface area contributed by atoms with Gasteiger partial charge in [-0.2, -0.15) is 0 Å². The SMILES string of the molecule is C#CC(O)(CC)C1CC1. The molecule has 1 heteroatoms. The lowest BCUT2D eigenvalue weighted by molar-refractivity contribution is 0.0739. The third-order valence-electron chi connectivity index (χ3n) is 2.04. The van der Waals surface area contributed by atoms with E-state index in [4.69, 9.17) is 6.42 Å². The lowest BCUT2D eigenvalue weighted by Crippen LogP contribution is -2.27. The van der Waals surface area contributed by atoms with Gasteiger partial charge < -0.3 is 5.11 Å². The lowest BCUT2D eigenvalue weighted by atomic mass is 9.96. The van der Waals surface area contributed by atoms with Gasteiger partial charge in [0.25, 0.3) is 0 Å². The van der Waals surface area contributed by atoms with Crippen molar-refractivity contribution in [2.75, 3.05) is 0 Å². The van der Waals surface area contributed by atoms with Crippen molar-refractivity contribution in [2.45, 2.75) is 31.8 Å². The quantitative estimate of drug-likeness (QED) is 0.548. The van der Waals surface area contributed by atoms with Gasteiger partial charge >= 0.3 is 0 Å². The molecule has 0 aromatic heterocycles. The van der Waals surface area contributed by atoms with Crippen LogP contribution in [0.15, 0.2) is 0 Å². The summed E-state index contributed by atoms with van der Waals surface area (Å²) in [4.78, 5) is 0. The molecule has 1 unspecified atom stereocenters. The highest BCUT2D eigenvalue weighted by Gasteiger charge is 2.40. The number of rotatable bonds is 2. The highest BCUT2D eigenvalue weighted by atomic mass is 16.3. The van der Waals surface area contributed by atoms with Crippen LogP contribution in [0.1, 0.15) is 26.2 Å². The summed E-state index contributed by atoms with van der Waals surface area (Å²) in [6, 6.07) is 0. The molecular weight excluding hydrogens is 112 g/mol. The van der Waals surface area contributed by atoms with Crippen molar-refractivity contribution >= 4 is 0 Å². The summed E-state index contributed by atoms with van der Waals surface area (Å²) >= 11 is 0. The highest BCUT2D eigenvalue weighted by Crippen LogP contribution is 2.40. The molecule has 1 aliphatic rings. The Morgan fingerprint density at radius 2 is 2.33 bits per heavy atom. The fourth-order valence-electron chi connectivity index (χ4n) is 1.07. The number of terminal acetylenes is 1. The Morgan fingerprint density at radius 1 is 1.78 bits per heavy atom. The predicted molar refractivity (Wildman–Crippen MR) is 36.8 cm³/mol. The number of hydrogen-bond donors (Lipinski definition) is 1. The molecule has 0 aromatic rings. The lowest BCUT2D eigenvalue weighted by Gasteiger charge is -2.18. The summed E-state index contributed by atoms with van der Waals surface area (Å²) in [5.41, 5.74) is -0.778. The minimum Gasteiger partial charge on any atom is -0.377 e. The summed E-state index contributed by atoms with van der Waals surface area (Å²) in [5.74, 6) is 2.84. The van der Waals surface area contributed by atoms with Crippen molar-refractivity contribution in [1.82, 2.24) is 0 Å². The smallest absolute Gasteiger partial charge is 0.127 e. The van der Waals surface area contributed by atoms with E-state index in [1.165, 1.54) is 0 Å². The molecule has 1 nitrogen and oxygen atoms in total. The van der Waals surface area contributed by atoms with Crippen LogP contribution in [0.3, 0.4) is 0 Å². The Hall–Kier alpha value is -0.480. The second-order valence-corrected chi connectivity index (χ2v) is 2.70. The minimum atomic E-state index is -0.778. The van der Waals surface area contributed by atoms with Crippen LogP contribution in [0, 0.1) is 18.3 Å². The molecule has 0 spiro atoms. The van der Waals surface area contributed by atoms with Crippen molar-refractivity contribution in [3.63, 3.8) is 0 Å². The maximum Gasteiger partial charge on any atom is 0.127 e. The molecule has 0 aliphatic heterocycles. The first kappa shape index (κ1) is 6.64. The van der Waals surface area contributed by atoms with Crippen molar-refractivity contribution in [3.8, 4) is 12.3 Å². The maximum absolute atomic E-state index is 9.53. The topological polar surface area (TPSA) is 20.2 Å². The van der Waals surface area contributed by atoms with Crippen molar-refractivity contribution in [2.24, 2.45) is 5.92 Å². The number of aliphatic hydroxyl groups is 1. The molecular formula is C8H12O. The molecule has 1 saturated carbocycles. The van der Waals surface area contributed by atoms with Crippen molar-refractivity contribution in [3.05, 3.63) is 0 Å². The van der Waals surface area contributed by atoms with E-state index in [1.54, 1.807) is 0 Å².